The van der Waals surface area contributed by atoms with Crippen molar-refractivity contribution in [3.05, 3.63) is 68.4 Å². The third kappa shape index (κ3) is 3.48. The summed E-state index contributed by atoms with van der Waals surface area (Å²) >= 11 is 6.78. The summed E-state index contributed by atoms with van der Waals surface area (Å²) in [4.78, 5) is 0. The smallest absolute Gasteiger partial charge is 0.124 e. The molecule has 4 heteroatoms. The second kappa shape index (κ2) is 6.37. The Balaban J connectivity index is 2.36. The summed E-state index contributed by atoms with van der Waals surface area (Å²) in [6.07, 6.45) is 1.01. The second-order valence-electron chi connectivity index (χ2n) is 4.81. The van der Waals surface area contributed by atoms with Gasteiger partial charge >= 0.3 is 0 Å². The van der Waals surface area contributed by atoms with Crippen LogP contribution in [0.25, 0.3) is 0 Å². The molecule has 0 saturated carbocycles. The van der Waals surface area contributed by atoms with Gasteiger partial charge in [-0.25, -0.2) is 4.39 Å². The first kappa shape index (κ1) is 15.7. The van der Waals surface area contributed by atoms with Gasteiger partial charge in [-0.2, -0.15) is 0 Å². The van der Waals surface area contributed by atoms with Crippen molar-refractivity contribution in [1.29, 1.82) is 0 Å². The maximum absolute atomic E-state index is 13.1. The van der Waals surface area contributed by atoms with Crippen molar-refractivity contribution in [2.75, 3.05) is 0 Å². The summed E-state index contributed by atoms with van der Waals surface area (Å²) in [5, 5.41) is 10.9. The minimum Gasteiger partial charge on any atom is -0.385 e. The van der Waals surface area contributed by atoms with E-state index in [0.717, 1.165) is 15.6 Å². The molecule has 0 radical (unpaired) electrons. The molecule has 0 amide bonds. The standard InChI is InChI=1S/C16H15Br2FO/c1-2-16(20,12-4-3-5-13(17)8-12)10-11-6-7-14(19)9-15(11)18/h3-9,20H,2,10H2,1H3. The van der Waals surface area contributed by atoms with Crippen LogP contribution in [-0.2, 0) is 12.0 Å². The lowest BCUT2D eigenvalue weighted by molar-refractivity contribution is 0.0325. The highest BCUT2D eigenvalue weighted by atomic mass is 79.9. The quantitative estimate of drug-likeness (QED) is 0.747. The van der Waals surface area contributed by atoms with Crippen LogP contribution in [0.15, 0.2) is 51.4 Å². The summed E-state index contributed by atoms with van der Waals surface area (Å²) in [5.74, 6) is -0.289. The van der Waals surface area contributed by atoms with Crippen molar-refractivity contribution in [1.82, 2.24) is 0 Å². The Hall–Kier alpha value is -0.710. The van der Waals surface area contributed by atoms with E-state index < -0.39 is 5.60 Å². The lowest BCUT2D eigenvalue weighted by atomic mass is 9.85. The van der Waals surface area contributed by atoms with Crippen molar-refractivity contribution >= 4 is 31.9 Å². The molecule has 1 nitrogen and oxygen atoms in total. The van der Waals surface area contributed by atoms with Gasteiger partial charge in [-0.3, -0.25) is 0 Å². The van der Waals surface area contributed by atoms with Crippen LogP contribution in [0.3, 0.4) is 0 Å². The van der Waals surface area contributed by atoms with Gasteiger partial charge in [-0.15, -0.1) is 0 Å². The highest BCUT2D eigenvalue weighted by Gasteiger charge is 2.28. The highest BCUT2D eigenvalue weighted by Crippen LogP contribution is 2.33. The van der Waals surface area contributed by atoms with Crippen LogP contribution < -0.4 is 0 Å². The van der Waals surface area contributed by atoms with Gasteiger partial charge in [0.15, 0.2) is 0 Å². The monoisotopic (exact) mass is 400 g/mol. The fraction of sp³-hybridized carbons (Fsp3) is 0.250. The van der Waals surface area contributed by atoms with Crippen molar-refractivity contribution in [2.45, 2.75) is 25.4 Å². The molecule has 0 saturated heterocycles. The maximum atomic E-state index is 13.1. The number of halogens is 3. The van der Waals surface area contributed by atoms with Gasteiger partial charge in [0, 0.05) is 15.4 Å². The number of hydrogen-bond donors (Lipinski definition) is 1. The van der Waals surface area contributed by atoms with E-state index >= 15 is 0 Å². The van der Waals surface area contributed by atoms with Crippen molar-refractivity contribution < 1.29 is 9.50 Å². The van der Waals surface area contributed by atoms with Crippen LogP contribution in [0.4, 0.5) is 4.39 Å². The Morgan fingerprint density at radius 1 is 1.15 bits per heavy atom. The number of rotatable bonds is 4. The SMILES string of the molecule is CCC(O)(Cc1ccc(F)cc1Br)c1cccc(Br)c1. The lowest BCUT2D eigenvalue weighted by Gasteiger charge is -2.28. The Kier molecular flexibility index (Phi) is 4.99. The first-order valence-electron chi connectivity index (χ1n) is 6.37. The molecular formula is C16H15Br2FO. The fourth-order valence-electron chi connectivity index (χ4n) is 2.19. The van der Waals surface area contributed by atoms with Gasteiger partial charge < -0.3 is 5.11 Å². The summed E-state index contributed by atoms with van der Waals surface area (Å²) in [6, 6.07) is 12.2. The van der Waals surface area contributed by atoms with Gasteiger partial charge in [-0.05, 0) is 41.8 Å². The molecule has 1 unspecified atom stereocenters. The third-order valence-corrected chi connectivity index (χ3v) is 4.68. The summed E-state index contributed by atoms with van der Waals surface area (Å²) in [5.41, 5.74) is 0.769. The normalized spacial score (nSPS) is 14.1. The molecule has 2 aromatic carbocycles. The van der Waals surface area contributed by atoms with E-state index in [1.54, 1.807) is 6.07 Å². The molecule has 2 rings (SSSR count). The number of hydrogen-bond acceptors (Lipinski definition) is 1. The number of aliphatic hydroxyl groups is 1. The van der Waals surface area contributed by atoms with E-state index in [0.29, 0.717) is 17.3 Å². The average Bonchev–Trinajstić information content (AvgIpc) is 2.42. The van der Waals surface area contributed by atoms with E-state index in [1.807, 2.05) is 31.2 Å². The zero-order valence-corrected chi connectivity index (χ0v) is 14.2. The van der Waals surface area contributed by atoms with E-state index in [2.05, 4.69) is 31.9 Å². The predicted molar refractivity (Wildman–Crippen MR) is 86.1 cm³/mol. The molecule has 1 atom stereocenters. The van der Waals surface area contributed by atoms with Gasteiger partial charge in [0.05, 0.1) is 5.60 Å². The summed E-state index contributed by atoms with van der Waals surface area (Å²) in [7, 11) is 0. The van der Waals surface area contributed by atoms with Gasteiger partial charge in [0.1, 0.15) is 5.82 Å². The van der Waals surface area contributed by atoms with Gasteiger partial charge in [0.25, 0.3) is 0 Å². The minimum atomic E-state index is -0.968. The minimum absolute atomic E-state index is 0.289. The first-order valence-corrected chi connectivity index (χ1v) is 7.95. The van der Waals surface area contributed by atoms with Crippen LogP contribution in [0.5, 0.6) is 0 Å². The molecule has 0 bridgehead atoms. The summed E-state index contributed by atoms with van der Waals surface area (Å²) in [6.45, 7) is 1.94. The maximum Gasteiger partial charge on any atom is 0.124 e. The molecule has 0 aromatic heterocycles. The molecule has 2 aromatic rings. The average molecular weight is 402 g/mol. The van der Waals surface area contributed by atoms with Gasteiger partial charge in [0.2, 0.25) is 0 Å². The molecule has 20 heavy (non-hydrogen) atoms. The van der Waals surface area contributed by atoms with E-state index in [9.17, 15) is 9.50 Å². The molecule has 0 aliphatic heterocycles. The summed E-state index contributed by atoms with van der Waals surface area (Å²) < 4.78 is 14.8. The molecular weight excluding hydrogens is 387 g/mol. The van der Waals surface area contributed by atoms with E-state index in [-0.39, 0.29) is 5.82 Å². The molecule has 0 spiro atoms. The molecule has 0 aliphatic rings. The molecule has 0 heterocycles. The molecule has 106 valence electrons. The van der Waals surface area contributed by atoms with Crippen LogP contribution in [-0.4, -0.2) is 5.11 Å². The van der Waals surface area contributed by atoms with E-state index in [1.165, 1.54) is 12.1 Å². The zero-order chi connectivity index (χ0) is 14.8. The second-order valence-corrected chi connectivity index (χ2v) is 6.58. The first-order chi connectivity index (χ1) is 9.44. The Morgan fingerprint density at radius 3 is 2.50 bits per heavy atom. The zero-order valence-electron chi connectivity index (χ0n) is 11.0. The van der Waals surface area contributed by atoms with Crippen LogP contribution in [0.1, 0.15) is 24.5 Å². The van der Waals surface area contributed by atoms with Crippen LogP contribution >= 0.6 is 31.9 Å². The largest absolute Gasteiger partial charge is 0.385 e. The number of benzene rings is 2. The predicted octanol–water partition coefficient (Wildman–Crippen LogP) is 5.19. The lowest BCUT2D eigenvalue weighted by Crippen LogP contribution is -2.27. The van der Waals surface area contributed by atoms with Crippen LogP contribution in [0.2, 0.25) is 0 Å². The third-order valence-electron chi connectivity index (χ3n) is 3.44. The van der Waals surface area contributed by atoms with Crippen molar-refractivity contribution in [3.63, 3.8) is 0 Å². The molecule has 0 fully saturated rings. The van der Waals surface area contributed by atoms with E-state index in [4.69, 9.17) is 0 Å². The fourth-order valence-corrected chi connectivity index (χ4v) is 3.08. The van der Waals surface area contributed by atoms with Gasteiger partial charge in [-0.1, -0.05) is 57.0 Å². The molecule has 1 N–H and O–H groups in total. The molecule has 0 aliphatic carbocycles. The van der Waals surface area contributed by atoms with Crippen molar-refractivity contribution in [3.8, 4) is 0 Å². The van der Waals surface area contributed by atoms with Crippen molar-refractivity contribution in [2.24, 2.45) is 0 Å². The topological polar surface area (TPSA) is 20.2 Å². The Labute approximate surface area is 135 Å². The highest BCUT2D eigenvalue weighted by molar-refractivity contribution is 9.10. The Morgan fingerprint density at radius 2 is 1.90 bits per heavy atom. The Bertz CT molecular complexity index is 615. The van der Waals surface area contributed by atoms with Crippen LogP contribution in [0, 0.1) is 5.82 Å².